The van der Waals surface area contributed by atoms with E-state index >= 15 is 0 Å². The van der Waals surface area contributed by atoms with Crippen LogP contribution in [-0.2, 0) is 6.54 Å². The van der Waals surface area contributed by atoms with Crippen LogP contribution in [0, 0.1) is 0 Å². The fourth-order valence-corrected chi connectivity index (χ4v) is 1.80. The highest BCUT2D eigenvalue weighted by Gasteiger charge is 2.00. The Balaban J connectivity index is 2.56. The first-order chi connectivity index (χ1) is 7.33. The fourth-order valence-electron chi connectivity index (χ4n) is 1.69. The number of benzene rings is 1. The molecular formula is C12H12ClNO. The lowest BCUT2D eigenvalue weighted by molar-refractivity contribution is 0.701. The van der Waals surface area contributed by atoms with Crippen molar-refractivity contribution in [1.82, 2.24) is 4.57 Å². The van der Waals surface area contributed by atoms with Gasteiger partial charge >= 0.3 is 0 Å². The van der Waals surface area contributed by atoms with Crippen LogP contribution in [0.25, 0.3) is 10.9 Å². The summed E-state index contributed by atoms with van der Waals surface area (Å²) in [6.45, 7) is 0.851. The molecule has 0 aliphatic heterocycles. The highest BCUT2D eigenvalue weighted by atomic mass is 35.5. The zero-order chi connectivity index (χ0) is 10.7. The molecule has 2 rings (SSSR count). The minimum atomic E-state index is 0.0766. The molecule has 15 heavy (non-hydrogen) atoms. The van der Waals surface area contributed by atoms with E-state index in [1.165, 1.54) is 0 Å². The monoisotopic (exact) mass is 221 g/mol. The molecule has 0 radical (unpaired) electrons. The summed E-state index contributed by atoms with van der Waals surface area (Å²) in [4.78, 5) is 11.6. The molecule has 0 spiro atoms. The second kappa shape index (κ2) is 4.49. The molecule has 0 atom stereocenters. The van der Waals surface area contributed by atoms with Crippen LogP contribution in [0.5, 0.6) is 0 Å². The second-order valence-electron chi connectivity index (χ2n) is 3.43. The van der Waals surface area contributed by atoms with Gasteiger partial charge in [-0.2, -0.15) is 0 Å². The summed E-state index contributed by atoms with van der Waals surface area (Å²) in [5.74, 6) is 0.639. The molecule has 0 amide bonds. The lowest BCUT2D eigenvalue weighted by atomic mass is 10.2. The summed E-state index contributed by atoms with van der Waals surface area (Å²) in [5, 5.41) is 0.773. The number of para-hydroxylation sites is 1. The summed E-state index contributed by atoms with van der Waals surface area (Å²) in [6, 6.07) is 9.25. The summed E-state index contributed by atoms with van der Waals surface area (Å²) in [6.07, 6.45) is 2.74. The first kappa shape index (κ1) is 10.2. The van der Waals surface area contributed by atoms with Gasteiger partial charge in [-0.05, 0) is 18.6 Å². The molecule has 0 N–H and O–H groups in total. The number of pyridine rings is 1. The zero-order valence-electron chi connectivity index (χ0n) is 8.32. The zero-order valence-corrected chi connectivity index (χ0v) is 9.07. The molecule has 2 nitrogen and oxygen atoms in total. The first-order valence-electron chi connectivity index (χ1n) is 4.97. The number of aryl methyl sites for hydroxylation is 1. The van der Waals surface area contributed by atoms with E-state index in [0.717, 1.165) is 23.9 Å². The number of fused-ring (bicyclic) bond motifs is 1. The Labute approximate surface area is 93.1 Å². The first-order valence-corrected chi connectivity index (χ1v) is 5.50. The van der Waals surface area contributed by atoms with Crippen LogP contribution in [0.3, 0.4) is 0 Å². The summed E-state index contributed by atoms with van der Waals surface area (Å²) < 4.78 is 2.07. The number of aromatic nitrogens is 1. The van der Waals surface area contributed by atoms with E-state index in [9.17, 15) is 4.79 Å². The van der Waals surface area contributed by atoms with Crippen molar-refractivity contribution >= 4 is 22.5 Å². The number of hydrogen-bond acceptors (Lipinski definition) is 1. The van der Waals surface area contributed by atoms with Gasteiger partial charge < -0.3 is 4.57 Å². The largest absolute Gasteiger partial charge is 0.347 e. The van der Waals surface area contributed by atoms with E-state index in [2.05, 4.69) is 4.57 Å². The van der Waals surface area contributed by atoms with Crippen LogP contribution in [0.4, 0.5) is 0 Å². The van der Waals surface area contributed by atoms with Gasteiger partial charge in [0.15, 0.2) is 5.43 Å². The summed E-state index contributed by atoms with van der Waals surface area (Å²) >= 11 is 5.66. The van der Waals surface area contributed by atoms with Crippen molar-refractivity contribution in [1.29, 1.82) is 0 Å². The molecule has 0 aliphatic rings. The Hall–Kier alpha value is -1.28. The molecule has 1 aromatic carbocycles. The van der Waals surface area contributed by atoms with Crippen molar-refractivity contribution in [3.05, 3.63) is 46.8 Å². The van der Waals surface area contributed by atoms with E-state index in [0.29, 0.717) is 5.88 Å². The van der Waals surface area contributed by atoms with Gasteiger partial charge in [0.05, 0.1) is 5.52 Å². The van der Waals surface area contributed by atoms with Crippen LogP contribution in [0.1, 0.15) is 6.42 Å². The Bertz CT molecular complexity index is 518. The summed E-state index contributed by atoms with van der Waals surface area (Å²) in [5.41, 5.74) is 1.06. The molecule has 0 saturated heterocycles. The van der Waals surface area contributed by atoms with E-state index in [1.54, 1.807) is 6.07 Å². The van der Waals surface area contributed by atoms with Crippen molar-refractivity contribution in [3.8, 4) is 0 Å². The van der Waals surface area contributed by atoms with Gasteiger partial charge in [0.1, 0.15) is 0 Å². The standard InChI is InChI=1S/C12H12ClNO/c13-7-3-8-14-9-6-12(15)10-4-1-2-5-11(10)14/h1-2,4-6,9H,3,7-8H2. The predicted octanol–water partition coefficient (Wildman–Crippen LogP) is 2.63. The van der Waals surface area contributed by atoms with Crippen molar-refractivity contribution < 1.29 is 0 Å². The van der Waals surface area contributed by atoms with Gasteiger partial charge in [-0.1, -0.05) is 12.1 Å². The highest BCUT2D eigenvalue weighted by Crippen LogP contribution is 2.09. The smallest absolute Gasteiger partial charge is 0.189 e. The topological polar surface area (TPSA) is 22.0 Å². The van der Waals surface area contributed by atoms with Crippen LogP contribution in [-0.4, -0.2) is 10.4 Å². The number of halogens is 1. The molecule has 0 saturated carbocycles. The molecule has 0 aliphatic carbocycles. The minimum absolute atomic E-state index is 0.0766. The number of alkyl halides is 1. The maximum absolute atomic E-state index is 11.6. The molecule has 2 aromatic rings. The summed E-state index contributed by atoms with van der Waals surface area (Å²) in [7, 11) is 0. The molecule has 1 aromatic heterocycles. The third-order valence-corrected chi connectivity index (χ3v) is 2.68. The molecular weight excluding hydrogens is 210 g/mol. The van der Waals surface area contributed by atoms with Gasteiger partial charge in [0.2, 0.25) is 0 Å². The van der Waals surface area contributed by atoms with Crippen LogP contribution in [0.15, 0.2) is 41.3 Å². The van der Waals surface area contributed by atoms with Crippen molar-refractivity contribution in [2.24, 2.45) is 0 Å². The van der Waals surface area contributed by atoms with Crippen molar-refractivity contribution in [2.75, 3.05) is 5.88 Å². The van der Waals surface area contributed by atoms with Gasteiger partial charge in [-0.15, -0.1) is 11.6 Å². The maximum Gasteiger partial charge on any atom is 0.189 e. The van der Waals surface area contributed by atoms with E-state index in [4.69, 9.17) is 11.6 Å². The Morgan fingerprint density at radius 3 is 2.80 bits per heavy atom. The molecule has 78 valence electrons. The van der Waals surface area contributed by atoms with Gasteiger partial charge in [-0.3, -0.25) is 4.79 Å². The second-order valence-corrected chi connectivity index (χ2v) is 3.81. The lowest BCUT2D eigenvalue weighted by Crippen LogP contribution is -2.08. The number of nitrogens with zero attached hydrogens (tertiary/aromatic N) is 1. The van der Waals surface area contributed by atoms with E-state index < -0.39 is 0 Å². The van der Waals surface area contributed by atoms with Crippen LogP contribution in [0.2, 0.25) is 0 Å². The highest BCUT2D eigenvalue weighted by molar-refractivity contribution is 6.17. The van der Waals surface area contributed by atoms with E-state index in [-0.39, 0.29) is 5.43 Å². The Morgan fingerprint density at radius 1 is 1.20 bits per heavy atom. The molecule has 0 fully saturated rings. The average molecular weight is 222 g/mol. The normalized spacial score (nSPS) is 10.7. The number of rotatable bonds is 3. The van der Waals surface area contributed by atoms with Crippen LogP contribution >= 0.6 is 11.6 Å². The van der Waals surface area contributed by atoms with Crippen LogP contribution < -0.4 is 5.43 Å². The minimum Gasteiger partial charge on any atom is -0.347 e. The van der Waals surface area contributed by atoms with Gasteiger partial charge in [0.25, 0.3) is 0 Å². The van der Waals surface area contributed by atoms with Crippen molar-refractivity contribution in [3.63, 3.8) is 0 Å². The fraction of sp³-hybridized carbons (Fsp3) is 0.250. The predicted molar refractivity (Wildman–Crippen MR) is 63.5 cm³/mol. The molecule has 0 unspecified atom stereocenters. The Morgan fingerprint density at radius 2 is 2.00 bits per heavy atom. The molecule has 0 bridgehead atoms. The quantitative estimate of drug-likeness (QED) is 0.731. The van der Waals surface area contributed by atoms with Gasteiger partial charge in [0, 0.05) is 30.1 Å². The third-order valence-electron chi connectivity index (χ3n) is 2.42. The SMILES string of the molecule is O=c1ccn(CCCCl)c2ccccc12. The third kappa shape index (κ3) is 2.05. The average Bonchev–Trinajstić information content (AvgIpc) is 2.29. The molecule has 1 heterocycles. The molecule has 3 heteroatoms. The van der Waals surface area contributed by atoms with Crippen molar-refractivity contribution in [2.45, 2.75) is 13.0 Å². The number of hydrogen-bond donors (Lipinski definition) is 0. The Kier molecular flexibility index (Phi) is 3.07. The lowest BCUT2D eigenvalue weighted by Gasteiger charge is -2.08. The van der Waals surface area contributed by atoms with E-state index in [1.807, 2.05) is 30.5 Å². The maximum atomic E-state index is 11.6. The van der Waals surface area contributed by atoms with Gasteiger partial charge in [-0.25, -0.2) is 0 Å².